The van der Waals surface area contributed by atoms with Gasteiger partial charge in [-0.3, -0.25) is 0 Å². The number of nitrogens with two attached hydrogens (primary N) is 1. The van der Waals surface area contributed by atoms with Gasteiger partial charge in [0.2, 0.25) is 20.0 Å². The Kier molecular flexibility index (Phi) is 7.73. The minimum absolute atomic E-state index is 0.0816. The maximum atomic E-state index is 13.4. The summed E-state index contributed by atoms with van der Waals surface area (Å²) in [7, 11) is -6.56. The Hall–Kier alpha value is -2.45. The molecule has 1 fully saturated rings. The largest absolute Gasteiger partial charge is 0.416 e. The Morgan fingerprint density at radius 2 is 1.68 bits per heavy atom. The van der Waals surface area contributed by atoms with Gasteiger partial charge in [-0.15, -0.1) is 0 Å². The molecule has 2 heterocycles. The van der Waals surface area contributed by atoms with E-state index in [0.29, 0.717) is 19.4 Å². The molecular formula is C24H26F3N3O4S3. The fourth-order valence-corrected chi connectivity index (χ4v) is 7.50. The first-order valence-electron chi connectivity index (χ1n) is 11.3. The summed E-state index contributed by atoms with van der Waals surface area (Å²) in [4.78, 5) is 1.22. The molecule has 0 spiro atoms. The smallest absolute Gasteiger partial charge is 0.369 e. The molecule has 2 aromatic carbocycles. The molecular weight excluding hydrogens is 547 g/mol. The van der Waals surface area contributed by atoms with E-state index in [4.69, 9.17) is 5.14 Å². The predicted molar refractivity (Wildman–Crippen MR) is 136 cm³/mol. The molecule has 0 unspecified atom stereocenters. The van der Waals surface area contributed by atoms with E-state index < -0.39 is 31.8 Å². The first-order valence-corrected chi connectivity index (χ1v) is 15.3. The third kappa shape index (κ3) is 6.17. The summed E-state index contributed by atoms with van der Waals surface area (Å²) in [5, 5.41) is 9.28. The summed E-state index contributed by atoms with van der Waals surface area (Å²) in [6, 6.07) is 10.7. The van der Waals surface area contributed by atoms with Crippen molar-refractivity contribution >= 4 is 37.1 Å². The number of rotatable bonds is 7. The molecule has 0 amide bonds. The van der Waals surface area contributed by atoms with E-state index in [1.807, 2.05) is 16.8 Å². The van der Waals surface area contributed by atoms with Gasteiger partial charge in [-0.2, -0.15) is 28.8 Å². The number of thiophene rings is 1. The number of nitrogens with zero attached hydrogens (tertiary/aromatic N) is 2. The minimum atomic E-state index is -4.42. The summed E-state index contributed by atoms with van der Waals surface area (Å²) in [5.41, 5.74) is 1.25. The fourth-order valence-electron chi connectivity index (χ4n) is 4.46. The molecule has 1 aromatic heterocycles. The van der Waals surface area contributed by atoms with Gasteiger partial charge in [0.25, 0.3) is 0 Å². The molecule has 0 aliphatic carbocycles. The Bertz CT molecular complexity index is 1450. The van der Waals surface area contributed by atoms with Crippen LogP contribution < -0.4 is 10.0 Å². The number of piperidine rings is 1. The maximum absolute atomic E-state index is 13.4. The van der Waals surface area contributed by atoms with Crippen molar-refractivity contribution in [3.8, 4) is 0 Å². The maximum Gasteiger partial charge on any atom is 0.416 e. The van der Waals surface area contributed by atoms with Crippen molar-refractivity contribution in [2.24, 2.45) is 5.14 Å². The highest BCUT2D eigenvalue weighted by Crippen LogP contribution is 2.35. The van der Waals surface area contributed by atoms with E-state index in [0.717, 1.165) is 29.3 Å². The van der Waals surface area contributed by atoms with Gasteiger partial charge in [-0.25, -0.2) is 22.0 Å². The van der Waals surface area contributed by atoms with E-state index in [9.17, 15) is 30.0 Å². The minimum Gasteiger partial charge on any atom is -0.369 e. The normalized spacial score (nSPS) is 16.1. The number of hydrogen-bond donors (Lipinski definition) is 1. The van der Waals surface area contributed by atoms with Crippen LogP contribution in [0.3, 0.4) is 0 Å². The highest BCUT2D eigenvalue weighted by atomic mass is 32.2. The standard InChI is InChI=1S/C24H26F3N3O4S3/c1-29(15-17-10-13-35-16-17)22-7-6-21(14-23(22)36(28,31)32)37(33,34)30-11-8-19(9-12-30)18-2-4-20(5-3-18)24(25,26)27/h2-7,10,13-14,16,19H,8-9,11-12,15H2,1H3,(H2,28,31,32). The lowest BCUT2D eigenvalue weighted by Gasteiger charge is -2.32. The number of halogens is 3. The summed E-state index contributed by atoms with van der Waals surface area (Å²) in [6.07, 6.45) is -3.57. The van der Waals surface area contributed by atoms with Crippen molar-refractivity contribution in [2.45, 2.75) is 41.3 Å². The highest BCUT2D eigenvalue weighted by molar-refractivity contribution is 7.90. The second-order valence-electron chi connectivity index (χ2n) is 8.96. The number of sulfonamides is 2. The van der Waals surface area contributed by atoms with Gasteiger partial charge in [0.05, 0.1) is 16.1 Å². The average molecular weight is 574 g/mol. The van der Waals surface area contributed by atoms with E-state index in [2.05, 4.69) is 0 Å². The van der Waals surface area contributed by atoms with Crippen LogP contribution in [-0.4, -0.2) is 41.3 Å². The van der Waals surface area contributed by atoms with Crippen molar-refractivity contribution in [3.05, 3.63) is 76.0 Å². The molecule has 1 aliphatic rings. The average Bonchev–Trinajstić information content (AvgIpc) is 3.36. The molecule has 200 valence electrons. The van der Waals surface area contributed by atoms with Crippen molar-refractivity contribution in [3.63, 3.8) is 0 Å². The Morgan fingerprint density at radius 3 is 2.22 bits per heavy atom. The van der Waals surface area contributed by atoms with Crippen LogP contribution in [0.25, 0.3) is 0 Å². The van der Waals surface area contributed by atoms with Gasteiger partial charge in [0.1, 0.15) is 4.90 Å². The van der Waals surface area contributed by atoms with Gasteiger partial charge in [-0.1, -0.05) is 12.1 Å². The van der Waals surface area contributed by atoms with Crippen LogP contribution in [0.15, 0.2) is 69.1 Å². The predicted octanol–water partition coefficient (Wildman–Crippen LogP) is 4.62. The van der Waals surface area contributed by atoms with E-state index in [-0.39, 0.29) is 34.5 Å². The summed E-state index contributed by atoms with van der Waals surface area (Å²) in [5.74, 6) is -0.0816. The molecule has 1 saturated heterocycles. The van der Waals surface area contributed by atoms with Crippen LogP contribution >= 0.6 is 11.3 Å². The number of anilines is 1. The number of benzene rings is 2. The molecule has 13 heteroatoms. The third-order valence-corrected chi connectivity index (χ3v) is 10.0. The summed E-state index contributed by atoms with van der Waals surface area (Å²) in [6.45, 7) is 0.715. The van der Waals surface area contributed by atoms with Crippen LogP contribution in [-0.2, 0) is 32.8 Å². The monoisotopic (exact) mass is 573 g/mol. The van der Waals surface area contributed by atoms with E-state index in [1.54, 1.807) is 11.9 Å². The molecule has 0 saturated carbocycles. The number of alkyl halides is 3. The van der Waals surface area contributed by atoms with Crippen LogP contribution in [0.2, 0.25) is 0 Å². The zero-order valence-corrected chi connectivity index (χ0v) is 22.3. The highest BCUT2D eigenvalue weighted by Gasteiger charge is 2.33. The van der Waals surface area contributed by atoms with Gasteiger partial charge >= 0.3 is 6.18 Å². The molecule has 7 nitrogen and oxygen atoms in total. The topological polar surface area (TPSA) is 101 Å². The molecule has 1 aliphatic heterocycles. The van der Waals surface area contributed by atoms with Gasteiger partial charge < -0.3 is 4.90 Å². The van der Waals surface area contributed by atoms with Crippen LogP contribution in [0.4, 0.5) is 18.9 Å². The Morgan fingerprint density at radius 1 is 1.03 bits per heavy atom. The molecule has 2 N–H and O–H groups in total. The number of hydrogen-bond acceptors (Lipinski definition) is 6. The second-order valence-corrected chi connectivity index (χ2v) is 13.2. The van der Waals surface area contributed by atoms with Gasteiger partial charge in [-0.05, 0) is 77.0 Å². The van der Waals surface area contributed by atoms with Crippen molar-refractivity contribution in [1.29, 1.82) is 0 Å². The van der Waals surface area contributed by atoms with Crippen molar-refractivity contribution < 1.29 is 30.0 Å². The summed E-state index contributed by atoms with van der Waals surface area (Å²) < 4.78 is 91.3. The first kappa shape index (κ1) is 27.6. The van der Waals surface area contributed by atoms with Crippen molar-refractivity contribution in [1.82, 2.24) is 4.31 Å². The van der Waals surface area contributed by atoms with Gasteiger partial charge in [0.15, 0.2) is 0 Å². The molecule has 3 aromatic rings. The molecule has 0 atom stereocenters. The molecule has 0 bridgehead atoms. The number of primary sulfonamides is 1. The fraction of sp³-hybridized carbons (Fsp3) is 0.333. The second kappa shape index (κ2) is 10.4. The molecule has 37 heavy (non-hydrogen) atoms. The van der Waals surface area contributed by atoms with Crippen molar-refractivity contribution in [2.75, 3.05) is 25.0 Å². The van der Waals surface area contributed by atoms with E-state index >= 15 is 0 Å². The lowest BCUT2D eigenvalue weighted by molar-refractivity contribution is -0.137. The lowest BCUT2D eigenvalue weighted by Crippen LogP contribution is -2.38. The zero-order valence-electron chi connectivity index (χ0n) is 19.8. The quantitative estimate of drug-likeness (QED) is 0.445. The van der Waals surface area contributed by atoms with Crippen LogP contribution in [0.1, 0.15) is 35.4 Å². The third-order valence-electron chi connectivity index (χ3n) is 6.45. The Labute approximate surface area is 218 Å². The lowest BCUT2D eigenvalue weighted by atomic mass is 9.90. The first-order chi connectivity index (χ1) is 17.3. The van der Waals surface area contributed by atoms with Gasteiger partial charge in [0, 0.05) is 26.7 Å². The summed E-state index contributed by atoms with van der Waals surface area (Å²) >= 11 is 1.51. The molecule has 0 radical (unpaired) electrons. The zero-order chi connectivity index (χ0) is 27.0. The van der Waals surface area contributed by atoms with Crippen LogP contribution in [0, 0.1) is 0 Å². The van der Waals surface area contributed by atoms with E-state index in [1.165, 1.54) is 39.9 Å². The van der Waals surface area contributed by atoms with Crippen LogP contribution in [0.5, 0.6) is 0 Å². The SMILES string of the molecule is CN(Cc1ccsc1)c1ccc(S(=O)(=O)N2CCC(c3ccc(C(F)(F)F)cc3)CC2)cc1S(N)(=O)=O. The Balaban J connectivity index is 1.52. The molecule has 4 rings (SSSR count).